The average Bonchev–Trinajstić information content (AvgIpc) is 3.37. The van der Waals surface area contributed by atoms with Crippen molar-refractivity contribution in [1.29, 1.82) is 0 Å². The number of carbonyl (C=O) groups is 3. The Labute approximate surface area is 204 Å². The quantitative estimate of drug-likeness (QED) is 0.385. The minimum absolute atomic E-state index is 0.00197. The van der Waals surface area contributed by atoms with Gasteiger partial charge in [0.1, 0.15) is 0 Å². The maximum absolute atomic E-state index is 13.0. The van der Waals surface area contributed by atoms with E-state index in [4.69, 9.17) is 30.5 Å². The van der Waals surface area contributed by atoms with E-state index in [0.717, 1.165) is 16.7 Å². The van der Waals surface area contributed by atoms with Crippen LogP contribution in [0, 0.1) is 0 Å². The Hall–Kier alpha value is -3.37. The number of esters is 1. The van der Waals surface area contributed by atoms with Gasteiger partial charge >= 0.3 is 5.97 Å². The number of halogens is 1. The van der Waals surface area contributed by atoms with Crippen molar-refractivity contribution in [2.24, 2.45) is 0 Å². The number of amides is 2. The van der Waals surface area contributed by atoms with Crippen molar-refractivity contribution in [3.63, 3.8) is 0 Å². The Morgan fingerprint density at radius 3 is 2.65 bits per heavy atom. The molecule has 2 aliphatic heterocycles. The Bertz CT molecular complexity index is 1180. The third kappa shape index (κ3) is 5.07. The fourth-order valence-electron chi connectivity index (χ4n) is 3.24. The lowest BCUT2D eigenvalue weighted by molar-refractivity contribution is -0.143. The molecule has 0 bridgehead atoms. The summed E-state index contributed by atoms with van der Waals surface area (Å²) in [6.07, 6.45) is 1.60. The number of fused-ring (bicyclic) bond motifs is 1. The zero-order chi connectivity index (χ0) is 24.2. The summed E-state index contributed by atoms with van der Waals surface area (Å²) in [5.74, 6) is 0.823. The van der Waals surface area contributed by atoms with E-state index in [2.05, 4.69) is 4.74 Å². The van der Waals surface area contributed by atoms with Crippen LogP contribution in [-0.4, -0.2) is 49.1 Å². The van der Waals surface area contributed by atoms with Gasteiger partial charge in [0.2, 0.25) is 6.79 Å². The molecule has 0 aromatic heterocycles. The number of hydrogen-bond donors (Lipinski definition) is 0. The van der Waals surface area contributed by atoms with Crippen LogP contribution in [0.1, 0.15) is 18.1 Å². The standard InChI is InChI=1S/C23H20ClNO8S/c1-3-30-17-6-13(4-5-16(17)31-11-21(26)29-2)7-20-22(27)25(23(28)34-20)10-14-8-18-19(9-15(14)24)33-12-32-18/h4-9H,3,10-12H2,1-2H3/b20-7+. The highest BCUT2D eigenvalue weighted by atomic mass is 35.5. The van der Waals surface area contributed by atoms with Crippen LogP contribution in [0.3, 0.4) is 0 Å². The second kappa shape index (κ2) is 10.3. The van der Waals surface area contributed by atoms with E-state index < -0.39 is 17.1 Å². The van der Waals surface area contributed by atoms with Gasteiger partial charge in [-0.3, -0.25) is 14.5 Å². The van der Waals surface area contributed by atoms with Gasteiger partial charge in [0.05, 0.1) is 25.2 Å². The highest BCUT2D eigenvalue weighted by Gasteiger charge is 2.35. The summed E-state index contributed by atoms with van der Waals surface area (Å²) in [7, 11) is 1.27. The predicted octanol–water partition coefficient (Wildman–Crippen LogP) is 4.26. The van der Waals surface area contributed by atoms with E-state index in [1.807, 2.05) is 6.92 Å². The Morgan fingerprint density at radius 1 is 1.15 bits per heavy atom. The van der Waals surface area contributed by atoms with Crippen molar-refractivity contribution in [3.8, 4) is 23.0 Å². The van der Waals surface area contributed by atoms with Gasteiger partial charge < -0.3 is 23.7 Å². The summed E-state index contributed by atoms with van der Waals surface area (Å²) in [4.78, 5) is 38.3. The lowest BCUT2D eigenvalue weighted by Crippen LogP contribution is -2.27. The minimum Gasteiger partial charge on any atom is -0.490 e. The van der Waals surface area contributed by atoms with Gasteiger partial charge in [-0.05, 0) is 54.1 Å². The second-order valence-corrected chi connectivity index (χ2v) is 8.47. The van der Waals surface area contributed by atoms with Crippen molar-refractivity contribution in [2.45, 2.75) is 13.5 Å². The van der Waals surface area contributed by atoms with Gasteiger partial charge in [0, 0.05) is 11.1 Å². The number of nitrogens with zero attached hydrogens (tertiary/aromatic N) is 1. The third-order valence-corrected chi connectivity index (χ3v) is 6.14. The normalized spacial score (nSPS) is 15.7. The first-order valence-electron chi connectivity index (χ1n) is 10.2. The molecule has 4 rings (SSSR count). The van der Waals surface area contributed by atoms with Crippen LogP contribution >= 0.6 is 23.4 Å². The molecule has 0 saturated carbocycles. The molecule has 1 saturated heterocycles. The monoisotopic (exact) mass is 505 g/mol. The molecule has 0 radical (unpaired) electrons. The number of benzene rings is 2. The summed E-state index contributed by atoms with van der Waals surface area (Å²) in [5, 5.41) is -0.0378. The lowest BCUT2D eigenvalue weighted by atomic mass is 10.1. The van der Waals surface area contributed by atoms with Crippen LogP contribution in [0.25, 0.3) is 6.08 Å². The van der Waals surface area contributed by atoms with E-state index in [1.165, 1.54) is 7.11 Å². The highest BCUT2D eigenvalue weighted by Crippen LogP contribution is 2.40. The van der Waals surface area contributed by atoms with Gasteiger partial charge in [-0.1, -0.05) is 17.7 Å². The summed E-state index contributed by atoms with van der Waals surface area (Å²) < 4.78 is 26.3. The molecular formula is C23H20ClNO8S. The molecule has 2 heterocycles. The number of imide groups is 1. The Kier molecular flexibility index (Phi) is 7.18. The van der Waals surface area contributed by atoms with Gasteiger partial charge in [0.15, 0.2) is 29.6 Å². The molecule has 2 aromatic carbocycles. The van der Waals surface area contributed by atoms with Gasteiger partial charge in [0.25, 0.3) is 11.1 Å². The smallest absolute Gasteiger partial charge is 0.343 e. The number of methoxy groups -OCH3 is 1. The van der Waals surface area contributed by atoms with Crippen LogP contribution in [0.5, 0.6) is 23.0 Å². The Morgan fingerprint density at radius 2 is 1.91 bits per heavy atom. The lowest BCUT2D eigenvalue weighted by Gasteiger charge is -2.14. The molecule has 1 fully saturated rings. The van der Waals surface area contributed by atoms with Crippen molar-refractivity contribution in [1.82, 2.24) is 4.90 Å². The molecule has 0 unspecified atom stereocenters. The number of rotatable bonds is 8. The fourth-order valence-corrected chi connectivity index (χ4v) is 4.29. The van der Waals surface area contributed by atoms with E-state index in [-0.39, 0.29) is 24.8 Å². The van der Waals surface area contributed by atoms with Gasteiger partial charge in [-0.2, -0.15) is 0 Å². The molecule has 2 amide bonds. The molecule has 0 N–H and O–H groups in total. The summed E-state index contributed by atoms with van der Waals surface area (Å²) in [6, 6.07) is 8.25. The molecule has 178 valence electrons. The number of carbonyl (C=O) groups excluding carboxylic acids is 3. The SMILES string of the molecule is CCOc1cc(/C=C2/SC(=O)N(Cc3cc4c(cc3Cl)OCO4)C2=O)ccc1OCC(=O)OC. The summed E-state index contributed by atoms with van der Waals surface area (Å²) in [5.41, 5.74) is 1.20. The molecule has 34 heavy (non-hydrogen) atoms. The van der Waals surface area contributed by atoms with Gasteiger partial charge in [-0.25, -0.2) is 4.79 Å². The van der Waals surface area contributed by atoms with Crippen LogP contribution in [-0.2, 0) is 20.9 Å². The van der Waals surface area contributed by atoms with Crippen LogP contribution < -0.4 is 18.9 Å². The van der Waals surface area contributed by atoms with Crippen molar-refractivity contribution >= 4 is 46.6 Å². The minimum atomic E-state index is -0.525. The number of ether oxygens (including phenoxy) is 5. The topological polar surface area (TPSA) is 101 Å². The van der Waals surface area contributed by atoms with Crippen molar-refractivity contribution in [2.75, 3.05) is 27.1 Å². The molecular weight excluding hydrogens is 486 g/mol. The van der Waals surface area contributed by atoms with E-state index in [0.29, 0.717) is 45.8 Å². The zero-order valence-corrected chi connectivity index (χ0v) is 19.9. The number of thioether (sulfide) groups is 1. The molecule has 11 heteroatoms. The largest absolute Gasteiger partial charge is 0.490 e. The second-order valence-electron chi connectivity index (χ2n) is 7.07. The molecule has 0 spiro atoms. The molecule has 0 aliphatic carbocycles. The maximum atomic E-state index is 13.0. The van der Waals surface area contributed by atoms with Gasteiger partial charge in [-0.15, -0.1) is 0 Å². The highest BCUT2D eigenvalue weighted by molar-refractivity contribution is 8.18. The van der Waals surface area contributed by atoms with Crippen molar-refractivity contribution < 1.29 is 38.1 Å². The molecule has 9 nitrogen and oxygen atoms in total. The van der Waals surface area contributed by atoms with Crippen LogP contribution in [0.2, 0.25) is 5.02 Å². The number of hydrogen-bond acceptors (Lipinski definition) is 9. The molecule has 2 aliphatic rings. The first-order chi connectivity index (χ1) is 16.4. The van der Waals surface area contributed by atoms with E-state index >= 15 is 0 Å². The predicted molar refractivity (Wildman–Crippen MR) is 124 cm³/mol. The summed E-state index contributed by atoms with van der Waals surface area (Å²) in [6.45, 7) is 2.00. The fraction of sp³-hybridized carbons (Fsp3) is 0.261. The first-order valence-corrected chi connectivity index (χ1v) is 11.4. The molecule has 2 aromatic rings. The van der Waals surface area contributed by atoms with E-state index in [9.17, 15) is 14.4 Å². The van der Waals surface area contributed by atoms with Crippen LogP contribution in [0.4, 0.5) is 4.79 Å². The molecule has 0 atom stereocenters. The first kappa shape index (κ1) is 23.8. The zero-order valence-electron chi connectivity index (χ0n) is 18.3. The van der Waals surface area contributed by atoms with E-state index in [1.54, 1.807) is 36.4 Å². The van der Waals surface area contributed by atoms with Crippen molar-refractivity contribution in [3.05, 3.63) is 51.4 Å². The maximum Gasteiger partial charge on any atom is 0.343 e. The summed E-state index contributed by atoms with van der Waals surface area (Å²) >= 11 is 7.14. The van der Waals surface area contributed by atoms with Crippen LogP contribution in [0.15, 0.2) is 35.2 Å². The average molecular weight is 506 g/mol. The Balaban J connectivity index is 1.52. The third-order valence-electron chi connectivity index (χ3n) is 4.88.